The number of guanidine groups is 1. The number of H-pyrrole nitrogens is 1. The summed E-state index contributed by atoms with van der Waals surface area (Å²) >= 11 is 0. The van der Waals surface area contributed by atoms with Crippen LogP contribution in [0, 0.1) is 17.2 Å². The Kier molecular flexibility index (Phi) is 36.9. The maximum atomic E-state index is 14.5. The Labute approximate surface area is 671 Å². The number of unbranched alkanes of at least 4 members (excludes halogenated alkanes) is 1. The molecule has 0 aliphatic rings. The number of phenolic OH excluding ortho intramolecular Hbond substituents is 1. The summed E-state index contributed by atoms with van der Waals surface area (Å²) in [6.07, 6.45) is -0.0579. The molecule has 6 aromatic rings. The molecule has 6 rings (SSSR count). The third kappa shape index (κ3) is 31.0. The van der Waals surface area contributed by atoms with E-state index in [-0.39, 0.29) is 95.6 Å². The molecule has 5 aromatic carbocycles. The number of aromatic amines is 1. The molecule has 36 heteroatoms. The van der Waals surface area contributed by atoms with Crippen molar-refractivity contribution in [3.63, 3.8) is 0 Å². The number of benzene rings is 5. The molecular weight excluding hydrogens is 1500 g/mol. The lowest BCUT2D eigenvalue weighted by atomic mass is 10.00. The number of para-hydroxylation sites is 1. The Morgan fingerprint density at radius 3 is 1.46 bits per heavy atom. The van der Waals surface area contributed by atoms with E-state index in [0.717, 1.165) is 10.9 Å². The lowest BCUT2D eigenvalue weighted by Gasteiger charge is -2.29. The average molecular weight is 1600 g/mol. The van der Waals surface area contributed by atoms with Gasteiger partial charge < -0.3 is 108 Å². The molecule has 36 nitrogen and oxygen atoms in total. The second-order valence-corrected chi connectivity index (χ2v) is 29.0. The van der Waals surface area contributed by atoms with Crippen LogP contribution in [0.5, 0.6) is 5.75 Å². The maximum absolute atomic E-state index is 14.5. The normalized spacial score (nSPS) is 14.1. The van der Waals surface area contributed by atoms with Crippen LogP contribution in [0.2, 0.25) is 0 Å². The van der Waals surface area contributed by atoms with Gasteiger partial charge in [0, 0.05) is 62.3 Å². The van der Waals surface area contributed by atoms with Crippen molar-refractivity contribution < 1.29 is 72.5 Å². The van der Waals surface area contributed by atoms with Gasteiger partial charge in [0.25, 0.3) is 0 Å². The molecule has 1 heterocycles. The molecule has 0 fully saturated rings. The zero-order valence-corrected chi connectivity index (χ0v) is 65.6. The number of carbonyl (C=O) groups is 13. The highest BCUT2D eigenvalue weighted by atomic mass is 16.3. The third-order valence-corrected chi connectivity index (χ3v) is 18.8. The Hall–Kier alpha value is -12.7. The summed E-state index contributed by atoms with van der Waals surface area (Å²) in [7, 11) is 0. The van der Waals surface area contributed by atoms with Crippen molar-refractivity contribution in [3.05, 3.63) is 161 Å². The third-order valence-electron chi connectivity index (χ3n) is 18.8. The maximum Gasteiger partial charge on any atom is 0.245 e. The van der Waals surface area contributed by atoms with Gasteiger partial charge in [-0.25, -0.2) is 0 Å². The Balaban J connectivity index is 1.08. The average Bonchev–Trinajstić information content (AvgIpc) is 1.22. The van der Waals surface area contributed by atoms with E-state index < -0.39 is 155 Å². The first kappa shape index (κ1) is 92.2. The van der Waals surface area contributed by atoms with E-state index in [1.54, 1.807) is 119 Å². The van der Waals surface area contributed by atoms with Gasteiger partial charge in [-0.3, -0.25) is 67.7 Å². The summed E-state index contributed by atoms with van der Waals surface area (Å²) in [5.74, 6) is -11.7. The number of carbonyl (C=O) groups excluding carboxylic acids is 13. The lowest BCUT2D eigenvalue weighted by Crippen LogP contribution is -2.62. The van der Waals surface area contributed by atoms with Crippen molar-refractivity contribution in [2.75, 3.05) is 13.1 Å². The van der Waals surface area contributed by atoms with Crippen molar-refractivity contribution in [2.45, 2.75) is 191 Å². The molecule has 116 heavy (non-hydrogen) atoms. The topological polar surface area (TPSA) is 615 Å². The van der Waals surface area contributed by atoms with Crippen molar-refractivity contribution in [1.82, 2.24) is 63.5 Å². The van der Waals surface area contributed by atoms with Crippen LogP contribution in [0.1, 0.15) is 120 Å². The van der Waals surface area contributed by atoms with Crippen LogP contribution in [0.15, 0.2) is 144 Å². The monoisotopic (exact) mass is 1600 g/mol. The van der Waals surface area contributed by atoms with Crippen LogP contribution in [0.25, 0.3) is 10.9 Å². The lowest BCUT2D eigenvalue weighted by molar-refractivity contribution is -0.137. The molecule has 0 unspecified atom stereocenters. The number of rotatable bonds is 48. The molecule has 0 saturated carbocycles. The summed E-state index contributed by atoms with van der Waals surface area (Å²) < 4.78 is 0. The number of aromatic nitrogens is 1. The molecule has 0 aliphatic carbocycles. The zero-order valence-electron chi connectivity index (χ0n) is 65.6. The van der Waals surface area contributed by atoms with Crippen molar-refractivity contribution in [3.8, 4) is 5.75 Å². The number of phenols is 1. The molecule has 0 spiro atoms. The molecule has 0 aliphatic heterocycles. The van der Waals surface area contributed by atoms with Gasteiger partial charge in [-0.05, 0) is 141 Å². The molecular formula is C80H109N21O15. The van der Waals surface area contributed by atoms with Crippen LogP contribution in [-0.2, 0) is 94.6 Å². The highest BCUT2D eigenvalue weighted by Gasteiger charge is 2.38. The number of aliphatic hydroxyl groups excluding tert-OH is 1. The van der Waals surface area contributed by atoms with Crippen molar-refractivity contribution in [2.24, 2.45) is 56.5 Å². The zero-order chi connectivity index (χ0) is 85.1. The van der Waals surface area contributed by atoms with E-state index in [2.05, 4.69) is 73.7 Å². The first-order valence-electron chi connectivity index (χ1n) is 38.2. The summed E-state index contributed by atoms with van der Waals surface area (Å²) in [5, 5.41) is 67.1. The fourth-order valence-corrected chi connectivity index (χ4v) is 12.2. The predicted octanol–water partition coefficient (Wildman–Crippen LogP) is -0.0324. The summed E-state index contributed by atoms with van der Waals surface area (Å²) in [6, 6.07) is 21.6. The number of azo groups is 1. The highest BCUT2D eigenvalue weighted by Crippen LogP contribution is 2.23. The Morgan fingerprint density at radius 2 is 0.905 bits per heavy atom. The number of aliphatic hydroxyl groups is 1. The van der Waals surface area contributed by atoms with Crippen molar-refractivity contribution >= 4 is 105 Å². The summed E-state index contributed by atoms with van der Waals surface area (Å²) in [4.78, 5) is 180. The molecule has 27 N–H and O–H groups in total. The first-order chi connectivity index (χ1) is 55.2. The molecule has 624 valence electrons. The van der Waals surface area contributed by atoms with Gasteiger partial charge >= 0.3 is 0 Å². The van der Waals surface area contributed by atoms with Crippen LogP contribution < -0.4 is 92.9 Å². The van der Waals surface area contributed by atoms with Gasteiger partial charge in [-0.2, -0.15) is 10.2 Å². The fraction of sp³-hybridized carbons (Fsp3) is 0.425. The summed E-state index contributed by atoms with van der Waals surface area (Å²) in [5.41, 5.74) is 38.2. The number of fused-ring (bicyclic) bond motifs is 1. The number of primary amides is 3. The predicted molar refractivity (Wildman–Crippen MR) is 431 cm³/mol. The Bertz CT molecular complexity index is 4370. The minimum absolute atomic E-state index is 0.00206. The van der Waals surface area contributed by atoms with Crippen molar-refractivity contribution in [1.29, 1.82) is 5.41 Å². The quantitative estimate of drug-likeness (QED) is 0.0103. The summed E-state index contributed by atoms with van der Waals surface area (Å²) in [6.45, 7) is 8.38. The van der Waals surface area contributed by atoms with Crippen LogP contribution >= 0.6 is 0 Å². The number of aromatic hydroxyl groups is 1. The Morgan fingerprint density at radius 1 is 0.448 bits per heavy atom. The van der Waals surface area contributed by atoms with E-state index in [4.69, 9.17) is 39.8 Å². The van der Waals surface area contributed by atoms with Gasteiger partial charge in [0.1, 0.15) is 60.1 Å². The van der Waals surface area contributed by atoms with Gasteiger partial charge in [0.15, 0.2) is 5.96 Å². The molecule has 0 saturated heterocycles. The number of nitrogens with one attached hydrogen (secondary N) is 13. The number of hydrogen-bond donors (Lipinski definition) is 21. The van der Waals surface area contributed by atoms with E-state index in [1.165, 1.54) is 31.2 Å². The second kappa shape index (κ2) is 46.5. The number of amides is 13. The van der Waals surface area contributed by atoms with Crippen LogP contribution in [0.4, 0.5) is 11.4 Å². The highest BCUT2D eigenvalue weighted by molar-refractivity contribution is 5.99. The standard InChI is InChI=1S/C80H109N21O15/c1-44(2)67(97-75(112)62(39-48-24-30-54(103)31-25-48)96-73(110)60(33-35-65(84)105)93-74(111)63(41-51-43-89-57-18-10-9-16-55(51)57)94-71(108)56(82)17-13-37-88-80(86)87)77(114)90-42-50-22-28-53(29-23-50)101-100-52-26-20-49(21-27-52)40-66(106)91-59(19-11-12-36-81)72(109)95-61(38-47-14-7-6-8-15-47)76(113)99-69(46(5)102)79(116)98-68(45(3)4)78(115)92-58(70(85)107)32-34-64(83)104/h6-10,14-16,18,20-31,43-46,56,58-63,67-69,89,102-103H,11-13,17,19,32-42,81-82H2,1-5H3,(H2,83,104)(H2,84,105)(H2,85,107)(H,90,114)(H,91,106)(H,92,115)(H,93,111)(H,94,108)(H,95,109)(H,96,110)(H,97,112)(H,98,116)(H,99,113)(H4,86,87,88)/t46-,56+,58+,59+,60+,61+,62+,63+,67+,68+,69+/m1/s1. The molecule has 0 bridgehead atoms. The van der Waals surface area contributed by atoms with E-state index in [0.29, 0.717) is 58.5 Å². The minimum atomic E-state index is -1.68. The van der Waals surface area contributed by atoms with Gasteiger partial charge in [0.05, 0.1) is 29.9 Å². The second-order valence-electron chi connectivity index (χ2n) is 29.0. The molecule has 13 amide bonds. The van der Waals surface area contributed by atoms with Gasteiger partial charge in [-0.1, -0.05) is 113 Å². The largest absolute Gasteiger partial charge is 0.508 e. The smallest absolute Gasteiger partial charge is 0.245 e. The van der Waals surface area contributed by atoms with E-state index in [9.17, 15) is 72.5 Å². The molecule has 0 radical (unpaired) electrons. The van der Waals surface area contributed by atoms with Crippen LogP contribution in [0.3, 0.4) is 0 Å². The fourth-order valence-electron chi connectivity index (χ4n) is 12.2. The number of nitrogens with two attached hydrogens (primary N) is 6. The van der Waals surface area contributed by atoms with Gasteiger partial charge in [-0.15, -0.1) is 0 Å². The van der Waals surface area contributed by atoms with E-state index >= 15 is 0 Å². The number of hydrogen-bond acceptors (Lipinski definition) is 20. The van der Waals surface area contributed by atoms with Gasteiger partial charge in [0.2, 0.25) is 76.8 Å². The molecule has 1 aromatic heterocycles. The minimum Gasteiger partial charge on any atom is -0.508 e. The van der Waals surface area contributed by atoms with E-state index in [1.807, 2.05) is 18.2 Å². The van der Waals surface area contributed by atoms with Crippen LogP contribution in [-0.4, -0.2) is 178 Å². The molecule has 11 atom stereocenters. The SMILES string of the molecule is CC(C)[C@H](NC(=O)[C@H](Cc1ccc(O)cc1)NC(=O)[C@H](CCC(N)=O)NC(=O)[C@H](Cc1c[nH]c2ccccc12)NC(=O)[C@@H](N)CCCNC(=N)N)C(=O)NCc1ccc(N=Nc2ccc(CC(=O)N[C@@H](CCCCN)C(=O)N[C@@H](Cc3ccccc3)C(=O)N[C@H](C(=O)N[C@H](C(=O)N[C@@H](CCC(N)=O)C(N)=O)C(C)C)[C@@H](C)O)cc2)cc1. The number of nitrogens with zero attached hydrogens (tertiary/aromatic N) is 2. The first-order valence-corrected chi connectivity index (χ1v) is 38.2.